The zero-order chi connectivity index (χ0) is 49.6. The Morgan fingerprint density at radius 1 is 0.855 bits per heavy atom. The molecule has 0 unspecified atom stereocenters. The van der Waals surface area contributed by atoms with E-state index < -0.39 is 113 Å². The number of nitrogens with zero attached hydrogens (tertiary/aromatic N) is 2. The first-order valence-electron chi connectivity index (χ1n) is 23.4. The smallest absolute Gasteiger partial charge is 0.338 e. The van der Waals surface area contributed by atoms with E-state index >= 15 is 4.79 Å². The predicted octanol–water partition coefficient (Wildman–Crippen LogP) is 2.96. The number of fused-ring (bicyclic) bond motifs is 5. The molecular formula is C52H61N3O14. The molecule has 0 radical (unpaired) electrons. The number of ether oxygens (including phenoxy) is 5. The van der Waals surface area contributed by atoms with Gasteiger partial charge in [-0.3, -0.25) is 24.1 Å². The number of carbonyl (C=O) groups excluding carboxylic acids is 6. The van der Waals surface area contributed by atoms with Crippen LogP contribution in [0.1, 0.15) is 79.8 Å². The minimum atomic E-state index is -2.41. The summed E-state index contributed by atoms with van der Waals surface area (Å²) in [6.45, 7) is 9.46. The SMILES string of the molecule is CC(=O)O[C@@]12CO[C@@H]1C[C@H](OC(=O)CN1CCN(C)CC1)[C@@]1(C)C(=O)[C@H](O)C3=C(C)[C@@H](OC(=O)[C@H](O)[C@@H](NC(=O)c4ccccc4)c4ccccc4)C[C@@](O)([C@@H](OC(=O)c4ccccc4)[C@H]21)C3(C)C. The summed E-state index contributed by atoms with van der Waals surface area (Å²) in [6.07, 6.45) is -10.6. The van der Waals surface area contributed by atoms with Crippen molar-refractivity contribution in [1.82, 2.24) is 15.1 Å². The van der Waals surface area contributed by atoms with Gasteiger partial charge < -0.3 is 49.2 Å². The Balaban J connectivity index is 1.24. The van der Waals surface area contributed by atoms with E-state index in [4.69, 9.17) is 23.7 Å². The normalized spacial score (nSPS) is 31.8. The number of aliphatic hydroxyl groups is 3. The van der Waals surface area contributed by atoms with Crippen LogP contribution in [0.25, 0.3) is 0 Å². The molecule has 2 aliphatic heterocycles. The molecule has 69 heavy (non-hydrogen) atoms. The zero-order valence-electron chi connectivity index (χ0n) is 39.7. The average Bonchev–Trinajstić information content (AvgIpc) is 3.32. The van der Waals surface area contributed by atoms with E-state index in [-0.39, 0.29) is 41.8 Å². The van der Waals surface area contributed by atoms with E-state index in [1.165, 1.54) is 32.9 Å². The fourth-order valence-electron chi connectivity index (χ4n) is 11.5. The fourth-order valence-corrected chi connectivity index (χ4v) is 11.5. The van der Waals surface area contributed by atoms with Gasteiger partial charge in [-0.1, -0.05) is 80.6 Å². The first kappa shape index (κ1) is 49.6. The number of amides is 1. The fraction of sp³-hybridized carbons (Fsp3) is 0.500. The highest BCUT2D eigenvalue weighted by molar-refractivity contribution is 5.96. The van der Waals surface area contributed by atoms with E-state index in [0.717, 1.165) is 0 Å². The van der Waals surface area contributed by atoms with Crippen LogP contribution in [0, 0.1) is 16.7 Å². The van der Waals surface area contributed by atoms with E-state index in [1.54, 1.807) is 92.7 Å². The largest absolute Gasteiger partial charge is 0.460 e. The van der Waals surface area contributed by atoms with Gasteiger partial charge in [0, 0.05) is 56.9 Å². The van der Waals surface area contributed by atoms with Crippen molar-refractivity contribution in [1.29, 1.82) is 0 Å². The van der Waals surface area contributed by atoms with Gasteiger partial charge in [0.2, 0.25) is 0 Å². The van der Waals surface area contributed by atoms with Crippen LogP contribution in [-0.2, 0) is 42.9 Å². The molecule has 2 saturated carbocycles. The molecule has 0 spiro atoms. The first-order valence-corrected chi connectivity index (χ1v) is 23.4. The molecule has 2 bridgehead atoms. The van der Waals surface area contributed by atoms with Crippen molar-refractivity contribution in [2.24, 2.45) is 16.7 Å². The molecule has 3 aromatic rings. The maximum Gasteiger partial charge on any atom is 0.338 e. The van der Waals surface area contributed by atoms with Crippen molar-refractivity contribution in [2.45, 2.75) is 101 Å². The third kappa shape index (κ3) is 8.89. The highest BCUT2D eigenvalue weighted by Gasteiger charge is 2.78. The van der Waals surface area contributed by atoms with Gasteiger partial charge in [-0.15, -0.1) is 0 Å². The highest BCUT2D eigenvalue weighted by Crippen LogP contribution is 2.64. The summed E-state index contributed by atoms with van der Waals surface area (Å²) < 4.78 is 31.2. The summed E-state index contributed by atoms with van der Waals surface area (Å²) in [6, 6.07) is 23.1. The number of nitrogens with one attached hydrogen (secondary N) is 1. The number of hydrogen-bond donors (Lipinski definition) is 4. The quantitative estimate of drug-likeness (QED) is 0.116. The number of Topliss-reactive ketones (excluding diaryl/α,β-unsaturated/α-hetero) is 1. The highest BCUT2D eigenvalue weighted by atomic mass is 16.6. The summed E-state index contributed by atoms with van der Waals surface area (Å²) in [4.78, 5) is 89.5. The molecule has 8 rings (SSSR count). The standard InChI is InChI=1S/C52H61N3O14/c1-30-35(66-48(63)42(59)40(32-16-10-7-11-17-32)53-46(61)33-18-12-8-13-19-33)27-52(64)45(68-47(62)34-20-14-9-15-21-34)43-50(5,44(60)41(58)39(30)49(52,3)4)36(26-37-51(43,29-65-37)69-31(2)56)67-38(57)28-55-24-22-54(6)23-25-55/h7-21,35-37,40-43,45,58-59,64H,22-29H2,1-6H3,(H,53,61)/t35-,36-,37+,40-,41+,42+,43-,45-,50+,51-,52+/m0/s1. The number of rotatable bonds is 12. The molecule has 2 saturated heterocycles. The second kappa shape index (κ2) is 19.2. The molecule has 4 fully saturated rings. The van der Waals surface area contributed by atoms with E-state index in [9.17, 15) is 39.3 Å². The maximum absolute atomic E-state index is 15.7. The van der Waals surface area contributed by atoms with E-state index in [1.807, 2.05) is 11.9 Å². The van der Waals surface area contributed by atoms with Crippen molar-refractivity contribution in [2.75, 3.05) is 46.4 Å². The second-order valence-corrected chi connectivity index (χ2v) is 19.8. The van der Waals surface area contributed by atoms with Gasteiger partial charge >= 0.3 is 23.9 Å². The Morgan fingerprint density at radius 2 is 1.45 bits per heavy atom. The lowest BCUT2D eigenvalue weighted by molar-refractivity contribution is -0.346. The summed E-state index contributed by atoms with van der Waals surface area (Å²) in [5.41, 5.74) is -7.15. The van der Waals surface area contributed by atoms with Gasteiger partial charge in [-0.2, -0.15) is 0 Å². The van der Waals surface area contributed by atoms with Crippen molar-refractivity contribution >= 4 is 35.6 Å². The number of aliphatic hydroxyl groups excluding tert-OH is 2. The number of esters is 4. The molecule has 17 heteroatoms. The van der Waals surface area contributed by atoms with Crippen molar-refractivity contribution < 1.29 is 67.8 Å². The number of hydrogen-bond acceptors (Lipinski definition) is 16. The summed E-state index contributed by atoms with van der Waals surface area (Å²) in [7, 11) is 1.98. The monoisotopic (exact) mass is 951 g/mol. The Labute approximate surface area is 400 Å². The number of carbonyl (C=O) groups is 6. The molecule has 0 aromatic heterocycles. The van der Waals surface area contributed by atoms with Crippen LogP contribution >= 0.6 is 0 Å². The average molecular weight is 952 g/mol. The van der Waals surface area contributed by atoms with Gasteiger partial charge in [0.25, 0.3) is 5.91 Å². The molecule has 11 atom stereocenters. The molecule has 368 valence electrons. The molecule has 17 nitrogen and oxygen atoms in total. The summed E-state index contributed by atoms with van der Waals surface area (Å²) in [5.74, 6) is -6.65. The minimum absolute atomic E-state index is 0.0676. The number of piperazine rings is 1. The van der Waals surface area contributed by atoms with Gasteiger partial charge in [0.05, 0.1) is 36.1 Å². The lowest BCUT2D eigenvalue weighted by Crippen LogP contribution is -2.82. The summed E-state index contributed by atoms with van der Waals surface area (Å²) in [5, 5.41) is 41.1. The van der Waals surface area contributed by atoms with Crippen LogP contribution < -0.4 is 5.32 Å². The van der Waals surface area contributed by atoms with Gasteiger partial charge in [-0.25, -0.2) is 9.59 Å². The second-order valence-electron chi connectivity index (χ2n) is 19.8. The van der Waals surface area contributed by atoms with E-state index in [2.05, 4.69) is 10.2 Å². The number of likely N-dealkylation sites (N-methyl/N-ethyl adjacent to an activating group) is 1. The lowest BCUT2D eigenvalue weighted by Gasteiger charge is -2.67. The summed E-state index contributed by atoms with van der Waals surface area (Å²) >= 11 is 0. The van der Waals surface area contributed by atoms with Crippen molar-refractivity contribution in [3.8, 4) is 0 Å². The number of ketones is 1. The zero-order valence-corrected chi connectivity index (χ0v) is 39.7. The molecule has 1 amide bonds. The van der Waals surface area contributed by atoms with Gasteiger partial charge in [0.15, 0.2) is 17.5 Å². The Bertz CT molecular complexity index is 2480. The molecule has 5 aliphatic rings. The van der Waals surface area contributed by atoms with Crippen molar-refractivity contribution in [3.63, 3.8) is 0 Å². The Kier molecular flexibility index (Phi) is 13.8. The van der Waals surface area contributed by atoms with Crippen LogP contribution in [0.3, 0.4) is 0 Å². The number of benzene rings is 3. The molecule has 3 aliphatic carbocycles. The third-order valence-electron chi connectivity index (χ3n) is 15.4. The van der Waals surface area contributed by atoms with Crippen molar-refractivity contribution in [3.05, 3.63) is 119 Å². The molecule has 3 aromatic carbocycles. The van der Waals surface area contributed by atoms with Crippen LogP contribution in [0.2, 0.25) is 0 Å². The third-order valence-corrected chi connectivity index (χ3v) is 15.4. The minimum Gasteiger partial charge on any atom is -0.460 e. The molecule has 2 heterocycles. The van der Waals surface area contributed by atoms with Crippen LogP contribution in [0.5, 0.6) is 0 Å². The maximum atomic E-state index is 15.7. The van der Waals surface area contributed by atoms with Gasteiger partial charge in [-0.05, 0) is 61.9 Å². The van der Waals surface area contributed by atoms with E-state index in [0.29, 0.717) is 31.7 Å². The molecular weight excluding hydrogens is 891 g/mol. The van der Waals surface area contributed by atoms with Crippen LogP contribution in [0.15, 0.2) is 102 Å². The van der Waals surface area contributed by atoms with Crippen LogP contribution in [-0.4, -0.2) is 155 Å². The lowest BCUT2D eigenvalue weighted by atomic mass is 9.44. The van der Waals surface area contributed by atoms with Gasteiger partial charge in [0.1, 0.15) is 36.1 Å². The Hall–Kier alpha value is -5.82. The van der Waals surface area contributed by atoms with Crippen LogP contribution in [0.4, 0.5) is 0 Å². The molecule has 4 N–H and O–H groups in total. The topological polar surface area (TPSA) is 228 Å². The first-order chi connectivity index (χ1) is 32.7. The Morgan fingerprint density at radius 3 is 2.03 bits per heavy atom. The predicted molar refractivity (Wildman–Crippen MR) is 246 cm³/mol.